The Kier molecular flexibility index (Phi) is 3.45. The van der Waals surface area contributed by atoms with Gasteiger partial charge in [-0.25, -0.2) is 5.84 Å². The van der Waals surface area contributed by atoms with Gasteiger partial charge < -0.3 is 5.84 Å². The minimum atomic E-state index is -0.423. The van der Waals surface area contributed by atoms with E-state index >= 15 is 0 Å². The summed E-state index contributed by atoms with van der Waals surface area (Å²) in [6.07, 6.45) is 0. The molecule has 1 aromatic heterocycles. The SMILES string of the molecule is Cc1nnc(NN)n(N)c1=O.Cl. The Morgan fingerprint density at radius 2 is 2.08 bits per heavy atom. The Labute approximate surface area is 74.1 Å². The first-order chi connectivity index (χ1) is 5.16. The molecule has 0 amide bonds. The maximum absolute atomic E-state index is 11.0. The number of hydrogen-bond acceptors (Lipinski definition) is 6. The van der Waals surface area contributed by atoms with E-state index in [1.165, 1.54) is 6.92 Å². The van der Waals surface area contributed by atoms with Crippen LogP contribution >= 0.6 is 12.4 Å². The van der Waals surface area contributed by atoms with Gasteiger partial charge >= 0.3 is 0 Å². The van der Waals surface area contributed by atoms with Crippen molar-refractivity contribution in [3.8, 4) is 0 Å². The lowest BCUT2D eigenvalue weighted by molar-refractivity contribution is 0.799. The highest BCUT2D eigenvalue weighted by atomic mass is 35.5. The number of rotatable bonds is 1. The summed E-state index contributed by atoms with van der Waals surface area (Å²) in [5.41, 5.74) is 1.93. The predicted molar refractivity (Wildman–Crippen MR) is 46.2 cm³/mol. The summed E-state index contributed by atoms with van der Waals surface area (Å²) in [5, 5.41) is 7.01. The molecule has 0 radical (unpaired) electrons. The maximum atomic E-state index is 11.0. The Morgan fingerprint density at radius 3 is 2.58 bits per heavy atom. The van der Waals surface area contributed by atoms with Gasteiger partial charge in [-0.2, -0.15) is 4.68 Å². The first-order valence-corrected chi connectivity index (χ1v) is 2.85. The van der Waals surface area contributed by atoms with E-state index in [-0.39, 0.29) is 24.0 Å². The zero-order valence-electron chi connectivity index (χ0n) is 6.31. The summed E-state index contributed by atoms with van der Waals surface area (Å²) >= 11 is 0. The second-order valence-electron chi connectivity index (χ2n) is 1.93. The van der Waals surface area contributed by atoms with Crippen molar-refractivity contribution in [3.63, 3.8) is 0 Å². The van der Waals surface area contributed by atoms with Crippen molar-refractivity contribution in [3.05, 3.63) is 16.0 Å². The van der Waals surface area contributed by atoms with Crippen LogP contribution in [0.15, 0.2) is 4.79 Å². The van der Waals surface area contributed by atoms with Crippen LogP contribution in [-0.4, -0.2) is 14.9 Å². The molecule has 0 saturated heterocycles. The third-order valence-corrected chi connectivity index (χ3v) is 1.18. The van der Waals surface area contributed by atoms with Crippen LogP contribution in [0.2, 0.25) is 0 Å². The van der Waals surface area contributed by atoms with Gasteiger partial charge in [-0.3, -0.25) is 10.2 Å². The minimum Gasteiger partial charge on any atom is -0.333 e. The average molecular weight is 193 g/mol. The fraction of sp³-hybridized carbons (Fsp3) is 0.250. The lowest BCUT2D eigenvalue weighted by Gasteiger charge is -2.03. The number of nitrogens with one attached hydrogen (secondary N) is 1. The first-order valence-electron chi connectivity index (χ1n) is 2.85. The van der Waals surface area contributed by atoms with E-state index in [4.69, 9.17) is 11.7 Å². The molecule has 0 spiro atoms. The molecule has 1 rings (SSSR count). The van der Waals surface area contributed by atoms with Crippen LogP contribution in [0.5, 0.6) is 0 Å². The Morgan fingerprint density at radius 1 is 1.50 bits per heavy atom. The van der Waals surface area contributed by atoms with Gasteiger partial charge in [0.2, 0.25) is 0 Å². The molecule has 0 unspecified atom stereocenters. The zero-order chi connectivity index (χ0) is 8.43. The quantitative estimate of drug-likeness (QED) is 0.364. The molecule has 8 heteroatoms. The largest absolute Gasteiger partial charge is 0.333 e. The van der Waals surface area contributed by atoms with Crippen LogP contribution < -0.4 is 22.7 Å². The number of nitrogens with two attached hydrogens (primary N) is 2. The minimum absolute atomic E-state index is 0. The molecule has 12 heavy (non-hydrogen) atoms. The highest BCUT2D eigenvalue weighted by Crippen LogP contribution is 1.88. The molecule has 0 aliphatic carbocycles. The van der Waals surface area contributed by atoms with E-state index in [9.17, 15) is 4.79 Å². The van der Waals surface area contributed by atoms with Gasteiger partial charge in [0.05, 0.1) is 0 Å². The fourth-order valence-corrected chi connectivity index (χ4v) is 0.582. The van der Waals surface area contributed by atoms with Crippen molar-refractivity contribution < 1.29 is 0 Å². The van der Waals surface area contributed by atoms with Crippen LogP contribution in [-0.2, 0) is 0 Å². The van der Waals surface area contributed by atoms with E-state index < -0.39 is 5.56 Å². The lowest BCUT2D eigenvalue weighted by atomic mass is 10.5. The molecule has 1 aromatic rings. The normalized spacial score (nSPS) is 8.83. The standard InChI is InChI=1S/C4H8N6O.ClH/c1-2-3(11)10(6)4(7-5)9-8-2;/h5-6H2,1H3,(H,7,9);1H. The first kappa shape index (κ1) is 10.7. The average Bonchev–Trinajstić information content (AvgIpc) is 2.01. The summed E-state index contributed by atoms with van der Waals surface area (Å²) in [7, 11) is 0. The van der Waals surface area contributed by atoms with Crippen LogP contribution in [0.1, 0.15) is 5.69 Å². The molecule has 0 aliphatic heterocycles. The third kappa shape index (κ3) is 1.63. The summed E-state index contributed by atoms with van der Waals surface area (Å²) in [6.45, 7) is 1.51. The van der Waals surface area contributed by atoms with Crippen LogP contribution in [0.25, 0.3) is 0 Å². The highest BCUT2D eigenvalue weighted by molar-refractivity contribution is 5.85. The van der Waals surface area contributed by atoms with Gasteiger partial charge in [0.1, 0.15) is 5.69 Å². The van der Waals surface area contributed by atoms with Crippen LogP contribution in [0.3, 0.4) is 0 Å². The van der Waals surface area contributed by atoms with Crippen LogP contribution in [0, 0.1) is 6.92 Å². The summed E-state index contributed by atoms with van der Waals surface area (Å²) in [6, 6.07) is 0. The van der Waals surface area contributed by atoms with Gasteiger partial charge in [0, 0.05) is 0 Å². The molecular formula is C4H9ClN6O. The molecule has 0 saturated carbocycles. The van der Waals surface area contributed by atoms with Crippen molar-refractivity contribution in [1.29, 1.82) is 0 Å². The Balaban J connectivity index is 0.00000121. The number of nitrogens with zero attached hydrogens (tertiary/aromatic N) is 3. The molecule has 7 nitrogen and oxygen atoms in total. The predicted octanol–water partition coefficient (Wildman–Crippen LogP) is -1.63. The Hall–Kier alpha value is -1.34. The number of hydrazine groups is 1. The number of aryl methyl sites for hydroxylation is 1. The van der Waals surface area contributed by atoms with E-state index in [0.29, 0.717) is 0 Å². The number of hydrogen-bond donors (Lipinski definition) is 3. The monoisotopic (exact) mass is 192 g/mol. The molecule has 0 aliphatic rings. The van der Waals surface area contributed by atoms with Crippen molar-refractivity contribution in [2.45, 2.75) is 6.92 Å². The zero-order valence-corrected chi connectivity index (χ0v) is 7.13. The van der Waals surface area contributed by atoms with Gasteiger partial charge in [-0.1, -0.05) is 0 Å². The van der Waals surface area contributed by atoms with Gasteiger partial charge in [-0.05, 0) is 6.92 Å². The molecule has 0 bridgehead atoms. The number of halogens is 1. The van der Waals surface area contributed by atoms with Crippen molar-refractivity contribution in [1.82, 2.24) is 14.9 Å². The smallest absolute Gasteiger partial charge is 0.295 e. The van der Waals surface area contributed by atoms with E-state index in [2.05, 4.69) is 15.6 Å². The maximum Gasteiger partial charge on any atom is 0.295 e. The molecular weight excluding hydrogens is 184 g/mol. The lowest BCUT2D eigenvalue weighted by Crippen LogP contribution is -2.34. The molecule has 0 aromatic carbocycles. The molecule has 68 valence electrons. The third-order valence-electron chi connectivity index (χ3n) is 1.18. The molecule has 0 atom stereocenters. The summed E-state index contributed by atoms with van der Waals surface area (Å²) in [5.74, 6) is 10.3. The molecule has 0 fully saturated rings. The molecule has 1 heterocycles. The second kappa shape index (κ2) is 3.88. The van der Waals surface area contributed by atoms with Crippen molar-refractivity contribution >= 4 is 18.4 Å². The van der Waals surface area contributed by atoms with E-state index in [1.807, 2.05) is 0 Å². The topological polar surface area (TPSA) is 112 Å². The summed E-state index contributed by atoms with van der Waals surface area (Å²) in [4.78, 5) is 11.0. The van der Waals surface area contributed by atoms with Gasteiger partial charge in [0.25, 0.3) is 11.5 Å². The number of aromatic nitrogens is 3. The highest BCUT2D eigenvalue weighted by Gasteiger charge is 2.03. The molecule has 5 N–H and O–H groups in total. The van der Waals surface area contributed by atoms with Crippen molar-refractivity contribution in [2.75, 3.05) is 11.3 Å². The second-order valence-corrected chi connectivity index (χ2v) is 1.93. The van der Waals surface area contributed by atoms with Gasteiger partial charge in [0.15, 0.2) is 0 Å². The van der Waals surface area contributed by atoms with Crippen LogP contribution in [0.4, 0.5) is 5.95 Å². The van der Waals surface area contributed by atoms with E-state index in [0.717, 1.165) is 4.68 Å². The fourth-order valence-electron chi connectivity index (χ4n) is 0.582. The summed E-state index contributed by atoms with van der Waals surface area (Å²) < 4.78 is 0.794. The number of anilines is 1. The Bertz CT molecular complexity index is 322. The number of nitrogen functional groups attached to an aromatic ring is 2. The van der Waals surface area contributed by atoms with Gasteiger partial charge in [-0.15, -0.1) is 22.6 Å². The van der Waals surface area contributed by atoms with Crippen molar-refractivity contribution in [2.24, 2.45) is 5.84 Å². The van der Waals surface area contributed by atoms with E-state index in [1.54, 1.807) is 0 Å².